The molecule has 2 aliphatic heterocycles. The summed E-state index contributed by atoms with van der Waals surface area (Å²) in [5.74, 6) is -0.00243. The van der Waals surface area contributed by atoms with Crippen molar-refractivity contribution >= 4 is 0 Å². The van der Waals surface area contributed by atoms with Gasteiger partial charge in [0.15, 0.2) is 6.29 Å². The summed E-state index contributed by atoms with van der Waals surface area (Å²) in [5.41, 5.74) is -1.93. The molecule has 0 aliphatic carbocycles. The quantitative estimate of drug-likeness (QED) is 0.441. The molecule has 2 aromatic carbocycles. The second-order valence-corrected chi connectivity index (χ2v) is 9.08. The van der Waals surface area contributed by atoms with Crippen LogP contribution in [0, 0.1) is 5.92 Å². The first-order valence-corrected chi connectivity index (χ1v) is 11.3. The maximum atomic E-state index is 13.3. The monoisotopic (exact) mass is 487 g/mol. The predicted octanol–water partition coefficient (Wildman–Crippen LogP) is 6.65. The van der Waals surface area contributed by atoms with E-state index in [1.165, 1.54) is 6.92 Å². The molecule has 2 fully saturated rings. The maximum absolute atomic E-state index is 13.3. The zero-order valence-electron chi connectivity index (χ0n) is 18.9. The molecule has 0 amide bonds. The van der Waals surface area contributed by atoms with Crippen LogP contribution in [0.3, 0.4) is 0 Å². The van der Waals surface area contributed by atoms with Crippen molar-refractivity contribution in [2.75, 3.05) is 20.2 Å². The smallest absolute Gasteiger partial charge is 0.352 e. The molecular formula is C25H27F6NO2. The normalized spacial score (nSPS) is 27.3. The van der Waals surface area contributed by atoms with Gasteiger partial charge in [-0.05, 0) is 68.6 Å². The van der Waals surface area contributed by atoms with Crippen LogP contribution in [0.5, 0.6) is 0 Å². The first-order chi connectivity index (χ1) is 15.9. The van der Waals surface area contributed by atoms with Gasteiger partial charge in [-0.15, -0.1) is 0 Å². The molecule has 0 radical (unpaired) electrons. The summed E-state index contributed by atoms with van der Waals surface area (Å²) in [5, 5.41) is 0. The summed E-state index contributed by atoms with van der Waals surface area (Å²) in [7, 11) is 2.05. The van der Waals surface area contributed by atoms with Crippen LogP contribution in [0.2, 0.25) is 0 Å². The van der Waals surface area contributed by atoms with Crippen LogP contribution in [-0.4, -0.2) is 37.4 Å². The Bertz CT molecular complexity index is 945. The SMILES string of the molecule is C[C@@H](O[C@H]1OCC[C@@H]([C@H]2CCN2C)[C@@H]1c1ccccc1)c1cc(C(F)(F)F)cc(C(F)(F)F)c1. The molecule has 0 spiro atoms. The third kappa shape index (κ3) is 5.26. The first kappa shape index (κ1) is 25.0. The van der Waals surface area contributed by atoms with Gasteiger partial charge >= 0.3 is 12.4 Å². The molecule has 0 aromatic heterocycles. The van der Waals surface area contributed by atoms with Gasteiger partial charge in [-0.2, -0.15) is 26.3 Å². The Morgan fingerprint density at radius 3 is 2.06 bits per heavy atom. The van der Waals surface area contributed by atoms with Crippen molar-refractivity contribution in [1.29, 1.82) is 0 Å². The minimum atomic E-state index is -4.91. The molecule has 0 N–H and O–H groups in total. The molecular weight excluding hydrogens is 460 g/mol. The standard InChI is InChI=1S/C25H27F6NO2/c1-15(17-12-18(24(26,27)28)14-19(13-17)25(29,30)31)34-23-22(16-6-4-3-5-7-16)20(9-11-33-23)21-8-10-32(21)2/h3-7,12-15,20-23H,8-11H2,1-2H3/t15-,20+,21-,22+,23-/m1/s1. The van der Waals surface area contributed by atoms with Crippen LogP contribution in [0.15, 0.2) is 48.5 Å². The Hall–Kier alpha value is -2.10. The van der Waals surface area contributed by atoms with Crippen molar-refractivity contribution in [3.8, 4) is 0 Å². The Kier molecular flexibility index (Phi) is 6.99. The van der Waals surface area contributed by atoms with Crippen LogP contribution in [0.4, 0.5) is 26.3 Å². The Morgan fingerprint density at radius 1 is 0.941 bits per heavy atom. The lowest BCUT2D eigenvalue weighted by molar-refractivity contribution is -0.217. The van der Waals surface area contributed by atoms with E-state index < -0.39 is 35.9 Å². The fourth-order valence-corrected chi connectivity index (χ4v) is 5.01. The van der Waals surface area contributed by atoms with E-state index in [1.807, 2.05) is 37.4 Å². The first-order valence-electron chi connectivity index (χ1n) is 11.3. The Balaban J connectivity index is 1.65. The molecule has 0 bridgehead atoms. The van der Waals surface area contributed by atoms with E-state index in [2.05, 4.69) is 4.90 Å². The van der Waals surface area contributed by atoms with Crippen molar-refractivity contribution in [3.05, 3.63) is 70.8 Å². The molecule has 0 saturated carbocycles. The molecule has 34 heavy (non-hydrogen) atoms. The highest BCUT2D eigenvalue weighted by Gasteiger charge is 2.45. The van der Waals surface area contributed by atoms with E-state index in [0.29, 0.717) is 12.6 Å². The van der Waals surface area contributed by atoms with Crippen LogP contribution >= 0.6 is 0 Å². The number of nitrogens with zero attached hydrogens (tertiary/aromatic N) is 1. The van der Waals surface area contributed by atoms with E-state index in [9.17, 15) is 26.3 Å². The zero-order valence-corrected chi connectivity index (χ0v) is 18.9. The fourth-order valence-electron chi connectivity index (χ4n) is 5.01. The summed E-state index contributed by atoms with van der Waals surface area (Å²) in [6.45, 7) is 2.85. The number of likely N-dealkylation sites (tertiary alicyclic amines) is 1. The summed E-state index contributed by atoms with van der Waals surface area (Å²) in [4.78, 5) is 2.26. The predicted molar refractivity (Wildman–Crippen MR) is 114 cm³/mol. The molecule has 9 heteroatoms. The molecule has 4 rings (SSSR count). The largest absolute Gasteiger partial charge is 0.416 e. The van der Waals surface area contributed by atoms with Crippen LogP contribution in [-0.2, 0) is 21.8 Å². The second kappa shape index (κ2) is 9.51. The van der Waals surface area contributed by atoms with E-state index in [-0.39, 0.29) is 23.5 Å². The van der Waals surface area contributed by atoms with E-state index in [0.717, 1.165) is 37.1 Å². The minimum absolute atomic E-state index is 0.128. The van der Waals surface area contributed by atoms with Crippen molar-refractivity contribution < 1.29 is 35.8 Å². The number of hydrogen-bond donors (Lipinski definition) is 0. The van der Waals surface area contributed by atoms with Gasteiger partial charge in [0.2, 0.25) is 0 Å². The lowest BCUT2D eigenvalue weighted by atomic mass is 9.74. The number of halogens is 6. The molecule has 186 valence electrons. The molecule has 2 saturated heterocycles. The second-order valence-electron chi connectivity index (χ2n) is 9.08. The lowest BCUT2D eigenvalue weighted by Crippen LogP contribution is -2.54. The van der Waals surface area contributed by atoms with Crippen LogP contribution in [0.25, 0.3) is 0 Å². The summed E-state index contributed by atoms with van der Waals surface area (Å²) in [6.07, 6.45) is -9.85. The van der Waals surface area contributed by atoms with Gasteiger partial charge in [0.05, 0.1) is 23.8 Å². The Labute approximate surface area is 194 Å². The summed E-state index contributed by atoms with van der Waals surface area (Å²) >= 11 is 0. The van der Waals surface area contributed by atoms with Gasteiger partial charge in [-0.25, -0.2) is 0 Å². The average molecular weight is 487 g/mol. The van der Waals surface area contributed by atoms with E-state index >= 15 is 0 Å². The number of rotatable bonds is 5. The Morgan fingerprint density at radius 2 is 1.56 bits per heavy atom. The van der Waals surface area contributed by atoms with Gasteiger partial charge < -0.3 is 14.4 Å². The molecule has 2 heterocycles. The fraction of sp³-hybridized carbons (Fsp3) is 0.520. The third-order valence-electron chi connectivity index (χ3n) is 6.93. The lowest BCUT2D eigenvalue weighted by Gasteiger charge is -2.49. The van der Waals surface area contributed by atoms with Gasteiger partial charge in [-0.1, -0.05) is 30.3 Å². The number of ether oxygens (including phenoxy) is 2. The van der Waals surface area contributed by atoms with E-state index in [4.69, 9.17) is 9.47 Å². The molecule has 0 unspecified atom stereocenters. The zero-order chi connectivity index (χ0) is 24.7. The molecule has 2 aromatic rings. The van der Waals surface area contributed by atoms with Crippen molar-refractivity contribution in [1.82, 2.24) is 4.90 Å². The number of benzene rings is 2. The van der Waals surface area contributed by atoms with Crippen molar-refractivity contribution in [3.63, 3.8) is 0 Å². The number of alkyl halides is 6. The molecule has 2 aliphatic rings. The minimum Gasteiger partial charge on any atom is -0.352 e. The van der Waals surface area contributed by atoms with Crippen molar-refractivity contribution in [2.24, 2.45) is 5.92 Å². The van der Waals surface area contributed by atoms with Crippen molar-refractivity contribution in [2.45, 2.75) is 56.5 Å². The van der Waals surface area contributed by atoms with Crippen LogP contribution in [0.1, 0.15) is 54.0 Å². The van der Waals surface area contributed by atoms with E-state index in [1.54, 1.807) is 0 Å². The molecule has 5 atom stereocenters. The highest BCUT2D eigenvalue weighted by molar-refractivity contribution is 5.35. The third-order valence-corrected chi connectivity index (χ3v) is 6.93. The highest BCUT2D eigenvalue weighted by atomic mass is 19.4. The maximum Gasteiger partial charge on any atom is 0.416 e. The summed E-state index contributed by atoms with van der Waals surface area (Å²) in [6, 6.07) is 11.5. The average Bonchev–Trinajstić information content (AvgIpc) is 2.77. The topological polar surface area (TPSA) is 21.7 Å². The van der Waals surface area contributed by atoms with Gasteiger partial charge in [0, 0.05) is 12.0 Å². The molecule has 3 nitrogen and oxygen atoms in total. The number of hydrogen-bond acceptors (Lipinski definition) is 3. The highest BCUT2D eigenvalue weighted by Crippen LogP contribution is 2.44. The van der Waals surface area contributed by atoms with Gasteiger partial charge in [0.1, 0.15) is 0 Å². The van der Waals surface area contributed by atoms with Crippen LogP contribution < -0.4 is 0 Å². The summed E-state index contributed by atoms with van der Waals surface area (Å²) < 4.78 is 92.0. The van der Waals surface area contributed by atoms with Gasteiger partial charge in [-0.3, -0.25) is 0 Å². The van der Waals surface area contributed by atoms with Gasteiger partial charge in [0.25, 0.3) is 0 Å².